The molecule has 0 bridgehead atoms. The third-order valence-corrected chi connectivity index (χ3v) is 3.37. The number of likely N-dealkylation sites (N-methyl/N-ethyl adjacent to an activating group) is 1. The summed E-state index contributed by atoms with van der Waals surface area (Å²) in [5, 5.41) is 17.6. The molecule has 0 fully saturated rings. The first kappa shape index (κ1) is 19.7. The van der Waals surface area contributed by atoms with E-state index in [0.29, 0.717) is 5.56 Å². The van der Waals surface area contributed by atoms with E-state index in [1.54, 1.807) is 18.2 Å². The van der Waals surface area contributed by atoms with E-state index >= 15 is 0 Å². The van der Waals surface area contributed by atoms with Crippen LogP contribution in [0.4, 0.5) is 5.69 Å². The molecular weight excluding hydrogens is 320 g/mol. The van der Waals surface area contributed by atoms with Gasteiger partial charge in [0.1, 0.15) is 11.6 Å². The molecule has 0 heterocycles. The van der Waals surface area contributed by atoms with Gasteiger partial charge in [-0.1, -0.05) is 12.1 Å². The van der Waals surface area contributed by atoms with Gasteiger partial charge >= 0.3 is 5.97 Å². The maximum Gasteiger partial charge on any atom is 0.349 e. The molecule has 7 nitrogen and oxygen atoms in total. The van der Waals surface area contributed by atoms with E-state index in [2.05, 4.69) is 0 Å². The van der Waals surface area contributed by atoms with Crippen molar-refractivity contribution in [3.05, 3.63) is 35.4 Å². The summed E-state index contributed by atoms with van der Waals surface area (Å²) in [5.41, 5.74) is 1.48. The number of nitrogens with zero attached hydrogens (tertiary/aromatic N) is 4. The normalized spacial score (nSPS) is 10.4. The van der Waals surface area contributed by atoms with Crippen LogP contribution in [0.3, 0.4) is 0 Å². The van der Waals surface area contributed by atoms with Gasteiger partial charge in [0.2, 0.25) is 0 Å². The number of esters is 1. The zero-order valence-corrected chi connectivity index (χ0v) is 14.5. The fourth-order valence-electron chi connectivity index (χ4n) is 1.83. The Balaban J connectivity index is 2.70. The van der Waals surface area contributed by atoms with Crippen LogP contribution in [0.1, 0.15) is 12.0 Å². The van der Waals surface area contributed by atoms with E-state index in [4.69, 9.17) is 15.3 Å². The highest BCUT2D eigenvalue weighted by atomic mass is 16.5. The van der Waals surface area contributed by atoms with Gasteiger partial charge in [-0.05, 0) is 23.8 Å². The molecule has 0 spiro atoms. The largest absolute Gasteiger partial charge is 0.451 e. The van der Waals surface area contributed by atoms with Gasteiger partial charge in [0.25, 0.3) is 5.91 Å². The maximum atomic E-state index is 12.0. The molecule has 0 saturated heterocycles. The number of carbonyl (C=O) groups is 2. The van der Waals surface area contributed by atoms with Crippen LogP contribution >= 0.6 is 0 Å². The molecule has 7 heteroatoms. The van der Waals surface area contributed by atoms with Crippen molar-refractivity contribution in [2.75, 3.05) is 39.2 Å². The Morgan fingerprint density at radius 1 is 1.16 bits per heavy atom. The highest BCUT2D eigenvalue weighted by Crippen LogP contribution is 2.15. The van der Waals surface area contributed by atoms with Crippen LogP contribution in [0.25, 0.3) is 6.08 Å². The molecule has 0 aliphatic rings. The van der Waals surface area contributed by atoms with Gasteiger partial charge < -0.3 is 14.5 Å². The number of rotatable bonds is 7. The number of amides is 1. The van der Waals surface area contributed by atoms with Crippen LogP contribution in [0, 0.1) is 22.7 Å². The van der Waals surface area contributed by atoms with Crippen LogP contribution in [0.2, 0.25) is 0 Å². The van der Waals surface area contributed by atoms with Crippen molar-refractivity contribution < 1.29 is 14.3 Å². The minimum atomic E-state index is -0.860. The van der Waals surface area contributed by atoms with Gasteiger partial charge in [-0.2, -0.15) is 10.5 Å². The zero-order chi connectivity index (χ0) is 18.8. The number of carbonyl (C=O) groups excluding carboxylic acids is 2. The summed E-state index contributed by atoms with van der Waals surface area (Å²) in [6, 6.07) is 11.0. The first-order valence-corrected chi connectivity index (χ1v) is 7.56. The van der Waals surface area contributed by atoms with Crippen molar-refractivity contribution in [3.63, 3.8) is 0 Å². The molecule has 0 atom stereocenters. The van der Waals surface area contributed by atoms with Crippen LogP contribution in [0.15, 0.2) is 29.8 Å². The van der Waals surface area contributed by atoms with Crippen LogP contribution in [-0.2, 0) is 14.3 Å². The number of nitriles is 2. The molecule has 0 N–H and O–H groups in total. The molecule has 25 heavy (non-hydrogen) atoms. The Kier molecular flexibility index (Phi) is 7.68. The first-order chi connectivity index (χ1) is 11.9. The lowest BCUT2D eigenvalue weighted by Crippen LogP contribution is -2.32. The Morgan fingerprint density at radius 3 is 2.32 bits per heavy atom. The molecule has 0 radical (unpaired) electrons. The van der Waals surface area contributed by atoms with Gasteiger partial charge in [0, 0.05) is 33.4 Å². The Labute approximate surface area is 147 Å². The monoisotopic (exact) mass is 340 g/mol. The summed E-state index contributed by atoms with van der Waals surface area (Å²) < 4.78 is 4.88. The SMILES string of the molecule is CN(CCC#N)C(=O)COC(=O)/C(C#N)=C/c1ccc(N(C)C)cc1. The van der Waals surface area contributed by atoms with Crippen molar-refractivity contribution in [2.24, 2.45) is 0 Å². The first-order valence-electron chi connectivity index (χ1n) is 7.56. The predicted octanol–water partition coefficient (Wildman–Crippen LogP) is 1.57. The van der Waals surface area contributed by atoms with Gasteiger partial charge in [0.15, 0.2) is 6.61 Å². The summed E-state index contributed by atoms with van der Waals surface area (Å²) in [5.74, 6) is -1.29. The van der Waals surface area contributed by atoms with Crippen molar-refractivity contribution >= 4 is 23.6 Å². The minimum Gasteiger partial charge on any atom is -0.451 e. The summed E-state index contributed by atoms with van der Waals surface area (Å²) >= 11 is 0. The Morgan fingerprint density at radius 2 is 1.80 bits per heavy atom. The smallest absolute Gasteiger partial charge is 0.349 e. The van der Waals surface area contributed by atoms with Crippen LogP contribution in [0.5, 0.6) is 0 Å². The molecule has 1 aromatic rings. The number of hydrogen-bond acceptors (Lipinski definition) is 6. The second kappa shape index (κ2) is 9.74. The lowest BCUT2D eigenvalue weighted by atomic mass is 10.1. The second-order valence-electron chi connectivity index (χ2n) is 5.46. The summed E-state index contributed by atoms with van der Waals surface area (Å²) in [7, 11) is 5.34. The van der Waals surface area contributed by atoms with Crippen molar-refractivity contribution in [1.29, 1.82) is 10.5 Å². The maximum absolute atomic E-state index is 12.0. The highest BCUT2D eigenvalue weighted by molar-refractivity contribution is 5.98. The molecule has 0 aliphatic heterocycles. The molecule has 130 valence electrons. The Hall–Kier alpha value is -3.32. The number of ether oxygens (including phenoxy) is 1. The molecule has 0 aromatic heterocycles. The third kappa shape index (κ3) is 6.36. The quantitative estimate of drug-likeness (QED) is 0.424. The molecule has 1 amide bonds. The van der Waals surface area contributed by atoms with E-state index in [9.17, 15) is 9.59 Å². The van der Waals surface area contributed by atoms with Gasteiger partial charge in [-0.15, -0.1) is 0 Å². The second-order valence-corrected chi connectivity index (χ2v) is 5.46. The molecule has 0 saturated carbocycles. The summed E-state index contributed by atoms with van der Waals surface area (Å²) in [4.78, 5) is 26.9. The molecule has 1 rings (SSSR count). The standard InChI is InChI=1S/C18H20N4O3/c1-21(2)16-7-5-14(6-8-16)11-15(12-20)18(24)25-13-17(23)22(3)10-4-9-19/h5-8,11H,4,10,13H2,1-3H3/b15-11+. The summed E-state index contributed by atoms with van der Waals surface area (Å²) in [6.45, 7) is -0.217. The van der Waals surface area contributed by atoms with Crippen molar-refractivity contribution in [2.45, 2.75) is 6.42 Å². The lowest BCUT2D eigenvalue weighted by molar-refractivity contribution is -0.147. The van der Waals surface area contributed by atoms with Gasteiger partial charge in [0.05, 0.1) is 12.5 Å². The van der Waals surface area contributed by atoms with E-state index in [0.717, 1.165) is 5.69 Å². The van der Waals surface area contributed by atoms with Crippen molar-refractivity contribution in [1.82, 2.24) is 4.90 Å². The van der Waals surface area contributed by atoms with Gasteiger partial charge in [-0.3, -0.25) is 4.79 Å². The molecule has 0 aliphatic carbocycles. The van der Waals surface area contributed by atoms with Crippen LogP contribution < -0.4 is 4.90 Å². The fourth-order valence-corrected chi connectivity index (χ4v) is 1.83. The fraction of sp³-hybridized carbons (Fsp3) is 0.333. The average Bonchev–Trinajstić information content (AvgIpc) is 2.62. The summed E-state index contributed by atoms with van der Waals surface area (Å²) in [6.07, 6.45) is 1.61. The Bertz CT molecular complexity index is 724. The van der Waals surface area contributed by atoms with E-state index < -0.39 is 18.5 Å². The predicted molar refractivity (Wildman–Crippen MR) is 93.2 cm³/mol. The van der Waals surface area contributed by atoms with Gasteiger partial charge in [-0.25, -0.2) is 4.79 Å². The minimum absolute atomic E-state index is 0.190. The number of benzene rings is 1. The molecule has 0 unspecified atom stereocenters. The van der Waals surface area contributed by atoms with E-state index in [-0.39, 0.29) is 18.5 Å². The van der Waals surface area contributed by atoms with Crippen molar-refractivity contribution in [3.8, 4) is 12.1 Å². The number of anilines is 1. The average molecular weight is 340 g/mol. The van der Waals surface area contributed by atoms with E-state index in [1.165, 1.54) is 18.0 Å². The molecular formula is C18H20N4O3. The van der Waals surface area contributed by atoms with Crippen LogP contribution in [-0.4, -0.2) is 51.1 Å². The molecule has 1 aromatic carbocycles. The third-order valence-electron chi connectivity index (χ3n) is 3.37. The number of hydrogen-bond donors (Lipinski definition) is 0. The topological polar surface area (TPSA) is 97.4 Å². The highest BCUT2D eigenvalue weighted by Gasteiger charge is 2.15. The zero-order valence-electron chi connectivity index (χ0n) is 14.5. The van der Waals surface area contributed by atoms with E-state index in [1.807, 2.05) is 37.2 Å². The lowest BCUT2D eigenvalue weighted by Gasteiger charge is -2.15.